The van der Waals surface area contributed by atoms with Gasteiger partial charge in [-0.05, 0) is 49.6 Å². The number of rotatable bonds is 6. The molecule has 0 aliphatic heterocycles. The van der Waals surface area contributed by atoms with Gasteiger partial charge >= 0.3 is 0 Å². The van der Waals surface area contributed by atoms with E-state index in [9.17, 15) is 4.79 Å². The van der Waals surface area contributed by atoms with E-state index in [0.29, 0.717) is 6.54 Å². The van der Waals surface area contributed by atoms with Gasteiger partial charge in [-0.1, -0.05) is 12.5 Å². The van der Waals surface area contributed by atoms with Crippen LogP contribution in [-0.2, 0) is 24.1 Å². The van der Waals surface area contributed by atoms with Crippen LogP contribution >= 0.6 is 0 Å². The molecule has 4 rings (SSSR count). The molecule has 2 heterocycles. The fraction of sp³-hybridized carbons (Fsp3) is 0.391. The first-order chi connectivity index (χ1) is 13.7. The van der Waals surface area contributed by atoms with E-state index < -0.39 is 0 Å². The van der Waals surface area contributed by atoms with Crippen molar-refractivity contribution in [2.45, 2.75) is 38.5 Å². The summed E-state index contributed by atoms with van der Waals surface area (Å²) in [5.74, 6) is 1.18. The second-order valence-corrected chi connectivity index (χ2v) is 7.45. The van der Waals surface area contributed by atoms with Crippen molar-refractivity contribution in [2.24, 2.45) is 0 Å². The minimum atomic E-state index is 0.0509. The zero-order valence-corrected chi connectivity index (χ0v) is 16.4. The maximum Gasteiger partial charge on any atom is 0.240 e. The number of nitrogens with one attached hydrogen (secondary N) is 1. The number of aryl methyl sites for hydroxylation is 2. The van der Waals surface area contributed by atoms with Crippen molar-refractivity contribution in [2.75, 3.05) is 25.0 Å². The Morgan fingerprint density at radius 3 is 2.93 bits per heavy atom. The number of hydrogen-bond acceptors (Lipinski definition) is 4. The highest BCUT2D eigenvalue weighted by Gasteiger charge is 2.18. The van der Waals surface area contributed by atoms with Gasteiger partial charge in [0.1, 0.15) is 11.3 Å². The standard InChI is InChI=1S/C23H27N3O2/c1-26(23(27)16-24-14-12-17-7-5-6-13-25-17)18-10-11-22-20(15-18)19-8-3-2-4-9-21(19)28-22/h5-7,10-11,13,15,24H,2-4,8-9,12,14,16H2,1H3. The average molecular weight is 377 g/mol. The third kappa shape index (κ3) is 4.09. The molecule has 1 N–H and O–H groups in total. The van der Waals surface area contributed by atoms with Crippen LogP contribution in [0, 0.1) is 0 Å². The van der Waals surface area contributed by atoms with Crippen molar-refractivity contribution in [3.8, 4) is 0 Å². The fourth-order valence-electron chi connectivity index (χ4n) is 3.86. The number of furan rings is 1. The molecule has 3 aromatic rings. The molecule has 1 amide bonds. The number of nitrogens with zero attached hydrogens (tertiary/aromatic N) is 2. The summed E-state index contributed by atoms with van der Waals surface area (Å²) in [5, 5.41) is 4.39. The summed E-state index contributed by atoms with van der Waals surface area (Å²) >= 11 is 0. The van der Waals surface area contributed by atoms with E-state index in [1.165, 1.54) is 24.8 Å². The molecule has 0 saturated heterocycles. The Bertz CT molecular complexity index is 949. The van der Waals surface area contributed by atoms with Crippen LogP contribution in [0.3, 0.4) is 0 Å². The lowest BCUT2D eigenvalue weighted by atomic mass is 10.1. The third-order valence-corrected chi connectivity index (χ3v) is 5.51. The molecule has 0 radical (unpaired) electrons. The summed E-state index contributed by atoms with van der Waals surface area (Å²) in [6.07, 6.45) is 8.36. The Morgan fingerprint density at radius 1 is 1.18 bits per heavy atom. The number of hydrogen-bond donors (Lipinski definition) is 1. The molecular formula is C23H27N3O2. The van der Waals surface area contributed by atoms with Crippen LogP contribution in [0.4, 0.5) is 5.69 Å². The van der Waals surface area contributed by atoms with Crippen LogP contribution in [0.25, 0.3) is 11.0 Å². The predicted molar refractivity (Wildman–Crippen MR) is 112 cm³/mol. The van der Waals surface area contributed by atoms with Crippen molar-refractivity contribution in [3.63, 3.8) is 0 Å². The quantitative estimate of drug-likeness (QED) is 0.523. The van der Waals surface area contributed by atoms with Crippen molar-refractivity contribution in [1.82, 2.24) is 10.3 Å². The Balaban J connectivity index is 1.39. The van der Waals surface area contributed by atoms with E-state index >= 15 is 0 Å². The molecule has 146 valence electrons. The lowest BCUT2D eigenvalue weighted by Crippen LogP contribution is -2.36. The highest BCUT2D eigenvalue weighted by molar-refractivity contribution is 5.97. The van der Waals surface area contributed by atoms with Gasteiger partial charge in [0.05, 0.1) is 6.54 Å². The summed E-state index contributed by atoms with van der Waals surface area (Å²) in [4.78, 5) is 18.6. The smallest absolute Gasteiger partial charge is 0.240 e. The van der Waals surface area contributed by atoms with Gasteiger partial charge in [0.15, 0.2) is 0 Å². The van der Waals surface area contributed by atoms with Gasteiger partial charge in [0, 0.05) is 55.0 Å². The Hall–Kier alpha value is -2.66. The van der Waals surface area contributed by atoms with E-state index in [1.54, 1.807) is 11.1 Å². The third-order valence-electron chi connectivity index (χ3n) is 5.51. The zero-order chi connectivity index (χ0) is 19.3. The molecule has 28 heavy (non-hydrogen) atoms. The molecule has 5 nitrogen and oxygen atoms in total. The van der Waals surface area contributed by atoms with Gasteiger partial charge in [-0.25, -0.2) is 0 Å². The van der Waals surface area contributed by atoms with Gasteiger partial charge in [0.2, 0.25) is 5.91 Å². The van der Waals surface area contributed by atoms with Crippen LogP contribution < -0.4 is 10.2 Å². The topological polar surface area (TPSA) is 58.4 Å². The van der Waals surface area contributed by atoms with Gasteiger partial charge < -0.3 is 14.6 Å². The van der Waals surface area contributed by atoms with Gasteiger partial charge in [-0.3, -0.25) is 9.78 Å². The van der Waals surface area contributed by atoms with Crippen molar-refractivity contribution < 1.29 is 9.21 Å². The summed E-state index contributed by atoms with van der Waals surface area (Å²) in [6, 6.07) is 12.0. The number of carbonyl (C=O) groups excluding carboxylic acids is 1. The monoisotopic (exact) mass is 377 g/mol. The SMILES string of the molecule is CN(C(=O)CNCCc1ccccn1)c1ccc2oc3c(c2c1)CCCCC3. The molecule has 0 unspecified atom stereocenters. The van der Waals surface area contributed by atoms with Crippen molar-refractivity contribution in [1.29, 1.82) is 0 Å². The molecule has 1 aromatic carbocycles. The molecule has 2 aromatic heterocycles. The number of carbonyl (C=O) groups is 1. The molecule has 0 spiro atoms. The van der Waals surface area contributed by atoms with Gasteiger partial charge in [-0.15, -0.1) is 0 Å². The van der Waals surface area contributed by atoms with Crippen LogP contribution in [0.5, 0.6) is 0 Å². The largest absolute Gasteiger partial charge is 0.461 e. The second-order valence-electron chi connectivity index (χ2n) is 7.45. The lowest BCUT2D eigenvalue weighted by Gasteiger charge is -2.18. The highest BCUT2D eigenvalue weighted by Crippen LogP contribution is 2.33. The first kappa shape index (κ1) is 18.7. The molecule has 1 aliphatic carbocycles. The minimum absolute atomic E-state index is 0.0509. The van der Waals surface area contributed by atoms with Crippen LogP contribution in [-0.4, -0.2) is 31.0 Å². The lowest BCUT2D eigenvalue weighted by molar-refractivity contribution is -0.117. The van der Waals surface area contributed by atoms with Crippen molar-refractivity contribution >= 4 is 22.6 Å². The highest BCUT2D eigenvalue weighted by atomic mass is 16.3. The second kappa shape index (κ2) is 8.57. The maximum absolute atomic E-state index is 12.6. The molecular weight excluding hydrogens is 350 g/mol. The zero-order valence-electron chi connectivity index (χ0n) is 16.4. The number of amides is 1. The van der Waals surface area contributed by atoms with E-state index in [-0.39, 0.29) is 5.91 Å². The Kier molecular flexibility index (Phi) is 5.72. The van der Waals surface area contributed by atoms with E-state index in [4.69, 9.17) is 4.42 Å². The number of aromatic nitrogens is 1. The van der Waals surface area contributed by atoms with Gasteiger partial charge in [0.25, 0.3) is 0 Å². The van der Waals surface area contributed by atoms with Crippen molar-refractivity contribution in [3.05, 3.63) is 59.6 Å². The van der Waals surface area contributed by atoms with E-state index in [1.807, 2.05) is 37.4 Å². The number of benzene rings is 1. The van der Waals surface area contributed by atoms with Crippen LogP contribution in [0.2, 0.25) is 0 Å². The molecule has 5 heteroatoms. The van der Waals surface area contributed by atoms with Gasteiger partial charge in [-0.2, -0.15) is 0 Å². The number of anilines is 1. The first-order valence-electron chi connectivity index (χ1n) is 10.1. The summed E-state index contributed by atoms with van der Waals surface area (Å²) < 4.78 is 6.07. The Morgan fingerprint density at radius 2 is 2.07 bits per heavy atom. The molecule has 0 atom stereocenters. The number of likely N-dealkylation sites (N-methyl/N-ethyl adjacent to an activating group) is 1. The minimum Gasteiger partial charge on any atom is -0.461 e. The number of pyridine rings is 1. The molecule has 0 bridgehead atoms. The fourth-order valence-corrected chi connectivity index (χ4v) is 3.86. The summed E-state index contributed by atoms with van der Waals surface area (Å²) in [5.41, 5.74) is 4.22. The molecule has 1 aliphatic rings. The molecule has 0 saturated carbocycles. The van der Waals surface area contributed by atoms with Crippen LogP contribution in [0.15, 0.2) is 47.0 Å². The Labute approximate surface area is 165 Å². The summed E-state index contributed by atoms with van der Waals surface area (Å²) in [7, 11) is 1.84. The average Bonchev–Trinajstić information content (AvgIpc) is 2.91. The van der Waals surface area contributed by atoms with E-state index in [2.05, 4.69) is 16.4 Å². The van der Waals surface area contributed by atoms with Crippen LogP contribution in [0.1, 0.15) is 36.3 Å². The number of fused-ring (bicyclic) bond motifs is 3. The normalized spacial score (nSPS) is 13.9. The summed E-state index contributed by atoms with van der Waals surface area (Å²) in [6.45, 7) is 1.04. The molecule has 0 fully saturated rings. The predicted octanol–water partition coefficient (Wildman–Crippen LogP) is 3.89. The maximum atomic E-state index is 12.6. The first-order valence-corrected chi connectivity index (χ1v) is 10.1. The van der Waals surface area contributed by atoms with E-state index in [0.717, 1.165) is 53.9 Å².